The van der Waals surface area contributed by atoms with Crippen molar-refractivity contribution in [2.24, 2.45) is 4.99 Å². The number of aliphatic imine (C=N–C) groups is 1. The number of halogens is 3. The molecule has 3 rings (SSSR count). The van der Waals surface area contributed by atoms with Crippen LogP contribution in [0, 0.1) is 0 Å². The Labute approximate surface area is 159 Å². The molecule has 0 saturated carbocycles. The lowest BCUT2D eigenvalue weighted by Gasteiger charge is -2.29. The van der Waals surface area contributed by atoms with Crippen LogP contribution in [0.5, 0.6) is 0 Å². The minimum atomic E-state index is -5.10. The lowest BCUT2D eigenvalue weighted by molar-refractivity contribution is -0.200. The molecule has 2 amide bonds. The van der Waals surface area contributed by atoms with Crippen molar-refractivity contribution in [2.45, 2.75) is 31.7 Å². The van der Waals surface area contributed by atoms with Gasteiger partial charge in [0, 0.05) is 12.0 Å². The molecule has 0 spiro atoms. The molecule has 2 aromatic carbocycles. The summed E-state index contributed by atoms with van der Waals surface area (Å²) in [6.07, 6.45) is -5.31. The standard InChI is InChI=1S/C20H18F3N3O2/c1-2-16(27)24-19(20(21,22)23)18(28)26(13-14-9-5-3-6-10-14)17(25-19)15-11-7-4-8-12-15/h3-12H,2,13H2,1H3,(H,24,27)/t19-/m0/s1. The first-order valence-corrected chi connectivity index (χ1v) is 8.67. The van der Waals surface area contributed by atoms with E-state index in [1.54, 1.807) is 66.0 Å². The fraction of sp³-hybridized carbons (Fsp3) is 0.250. The van der Waals surface area contributed by atoms with Gasteiger partial charge in [-0.2, -0.15) is 13.2 Å². The highest BCUT2D eigenvalue weighted by Crippen LogP contribution is 2.39. The molecule has 1 heterocycles. The van der Waals surface area contributed by atoms with Crippen LogP contribution >= 0.6 is 0 Å². The van der Waals surface area contributed by atoms with E-state index in [9.17, 15) is 22.8 Å². The fourth-order valence-electron chi connectivity index (χ4n) is 2.91. The summed E-state index contributed by atoms with van der Waals surface area (Å²) < 4.78 is 42.0. The average molecular weight is 389 g/mol. The number of alkyl halides is 3. The van der Waals surface area contributed by atoms with Crippen LogP contribution in [-0.2, 0) is 16.1 Å². The quantitative estimate of drug-likeness (QED) is 0.853. The van der Waals surface area contributed by atoms with Crippen molar-refractivity contribution in [2.75, 3.05) is 0 Å². The molecular formula is C20H18F3N3O2. The van der Waals surface area contributed by atoms with E-state index in [4.69, 9.17) is 0 Å². The topological polar surface area (TPSA) is 61.8 Å². The van der Waals surface area contributed by atoms with Gasteiger partial charge in [0.2, 0.25) is 5.91 Å². The Hall–Kier alpha value is -3.16. The van der Waals surface area contributed by atoms with Gasteiger partial charge in [-0.15, -0.1) is 0 Å². The average Bonchev–Trinajstić information content (AvgIpc) is 2.96. The Morgan fingerprint density at radius 2 is 1.64 bits per heavy atom. The van der Waals surface area contributed by atoms with Gasteiger partial charge in [0.1, 0.15) is 5.84 Å². The van der Waals surface area contributed by atoms with Crippen LogP contribution in [0.4, 0.5) is 13.2 Å². The fourth-order valence-corrected chi connectivity index (χ4v) is 2.91. The molecule has 8 heteroatoms. The first kappa shape index (κ1) is 19.6. The largest absolute Gasteiger partial charge is 0.442 e. The van der Waals surface area contributed by atoms with E-state index in [0.717, 1.165) is 4.90 Å². The maximum Gasteiger partial charge on any atom is 0.442 e. The van der Waals surface area contributed by atoms with Crippen LogP contribution in [0.3, 0.4) is 0 Å². The van der Waals surface area contributed by atoms with Gasteiger partial charge >= 0.3 is 11.8 Å². The zero-order chi connectivity index (χ0) is 20.4. The summed E-state index contributed by atoms with van der Waals surface area (Å²) in [5, 5.41) is 1.80. The van der Waals surface area contributed by atoms with Crippen LogP contribution in [-0.4, -0.2) is 34.4 Å². The minimum absolute atomic E-state index is 0.104. The summed E-state index contributed by atoms with van der Waals surface area (Å²) in [5.74, 6) is -2.38. The summed E-state index contributed by atoms with van der Waals surface area (Å²) in [7, 11) is 0. The molecule has 0 aliphatic carbocycles. The number of nitrogens with zero attached hydrogens (tertiary/aromatic N) is 2. The molecule has 1 aliphatic heterocycles. The summed E-state index contributed by atoms with van der Waals surface area (Å²) in [4.78, 5) is 29.5. The predicted molar refractivity (Wildman–Crippen MR) is 97.2 cm³/mol. The van der Waals surface area contributed by atoms with Crippen LogP contribution in [0.1, 0.15) is 24.5 Å². The molecule has 1 aliphatic rings. The Bertz CT molecular complexity index is 898. The van der Waals surface area contributed by atoms with Gasteiger partial charge in [0.05, 0.1) is 6.54 Å². The molecule has 0 fully saturated rings. The second-order valence-electron chi connectivity index (χ2n) is 6.29. The third-order valence-corrected chi connectivity index (χ3v) is 4.35. The molecule has 0 saturated heterocycles. The molecule has 0 radical (unpaired) electrons. The molecular weight excluding hydrogens is 371 g/mol. The number of hydrogen-bond acceptors (Lipinski definition) is 3. The minimum Gasteiger partial charge on any atom is -0.316 e. The molecule has 146 valence electrons. The summed E-state index contributed by atoms with van der Waals surface area (Å²) in [6, 6.07) is 16.7. The number of amidine groups is 1. The number of carbonyl (C=O) groups is 2. The second kappa shape index (κ2) is 7.46. The highest BCUT2D eigenvalue weighted by molar-refractivity contribution is 6.16. The van der Waals surface area contributed by atoms with Crippen LogP contribution in [0.25, 0.3) is 0 Å². The van der Waals surface area contributed by atoms with Gasteiger partial charge in [-0.05, 0) is 5.56 Å². The SMILES string of the molecule is CCC(=O)N[C@]1(C(F)(F)F)N=C(c2ccccc2)N(Cc2ccccc2)C1=O. The van der Waals surface area contributed by atoms with Gasteiger partial charge in [-0.25, -0.2) is 4.99 Å². The van der Waals surface area contributed by atoms with Gasteiger partial charge < -0.3 is 5.32 Å². The van der Waals surface area contributed by atoms with E-state index < -0.39 is 23.7 Å². The Morgan fingerprint density at radius 1 is 1.07 bits per heavy atom. The molecule has 5 nitrogen and oxygen atoms in total. The van der Waals surface area contributed by atoms with E-state index in [1.165, 1.54) is 6.92 Å². The van der Waals surface area contributed by atoms with E-state index in [2.05, 4.69) is 4.99 Å². The van der Waals surface area contributed by atoms with Crippen molar-refractivity contribution in [1.29, 1.82) is 0 Å². The predicted octanol–water partition coefficient (Wildman–Crippen LogP) is 3.26. The third kappa shape index (κ3) is 3.49. The number of amides is 2. The highest BCUT2D eigenvalue weighted by Gasteiger charge is 2.67. The van der Waals surface area contributed by atoms with Crippen molar-refractivity contribution in [3.8, 4) is 0 Å². The maximum absolute atomic E-state index is 14.0. The van der Waals surface area contributed by atoms with Crippen molar-refractivity contribution >= 4 is 17.6 Å². The monoisotopic (exact) mass is 389 g/mol. The molecule has 28 heavy (non-hydrogen) atoms. The smallest absolute Gasteiger partial charge is 0.316 e. The Kier molecular flexibility index (Phi) is 5.22. The molecule has 0 bridgehead atoms. The Balaban J connectivity index is 2.12. The first-order valence-electron chi connectivity index (χ1n) is 8.67. The van der Waals surface area contributed by atoms with Crippen LogP contribution in [0.15, 0.2) is 65.7 Å². The van der Waals surface area contributed by atoms with Crippen LogP contribution in [0.2, 0.25) is 0 Å². The number of benzene rings is 2. The van der Waals surface area contributed by atoms with E-state index >= 15 is 0 Å². The van der Waals surface area contributed by atoms with E-state index in [0.29, 0.717) is 11.1 Å². The second-order valence-corrected chi connectivity index (χ2v) is 6.29. The van der Waals surface area contributed by atoms with Gasteiger partial charge in [0.25, 0.3) is 5.91 Å². The van der Waals surface area contributed by atoms with Crippen molar-refractivity contribution < 1.29 is 22.8 Å². The zero-order valence-electron chi connectivity index (χ0n) is 15.0. The molecule has 2 aromatic rings. The third-order valence-electron chi connectivity index (χ3n) is 4.35. The van der Waals surface area contributed by atoms with Gasteiger partial charge in [0.15, 0.2) is 0 Å². The van der Waals surface area contributed by atoms with Crippen molar-refractivity contribution in [3.05, 3.63) is 71.8 Å². The van der Waals surface area contributed by atoms with Gasteiger partial charge in [-0.3, -0.25) is 14.5 Å². The Morgan fingerprint density at radius 3 is 2.18 bits per heavy atom. The number of hydrogen-bond donors (Lipinski definition) is 1. The van der Waals surface area contributed by atoms with E-state index in [1.807, 2.05) is 0 Å². The number of nitrogens with one attached hydrogen (secondary N) is 1. The lowest BCUT2D eigenvalue weighted by Crippen LogP contribution is -2.63. The highest BCUT2D eigenvalue weighted by atomic mass is 19.4. The molecule has 1 atom stereocenters. The van der Waals surface area contributed by atoms with E-state index in [-0.39, 0.29) is 18.8 Å². The van der Waals surface area contributed by atoms with Crippen molar-refractivity contribution in [1.82, 2.24) is 10.2 Å². The maximum atomic E-state index is 14.0. The molecule has 0 unspecified atom stereocenters. The molecule has 0 aromatic heterocycles. The van der Waals surface area contributed by atoms with Crippen molar-refractivity contribution in [3.63, 3.8) is 0 Å². The van der Waals surface area contributed by atoms with Crippen LogP contribution < -0.4 is 5.32 Å². The number of rotatable bonds is 5. The summed E-state index contributed by atoms with van der Waals surface area (Å²) in [5.41, 5.74) is -2.34. The van der Waals surface area contributed by atoms with Gasteiger partial charge in [-0.1, -0.05) is 67.6 Å². The lowest BCUT2D eigenvalue weighted by atomic mass is 10.1. The first-order chi connectivity index (χ1) is 13.3. The zero-order valence-corrected chi connectivity index (χ0v) is 15.0. The summed E-state index contributed by atoms with van der Waals surface area (Å²) >= 11 is 0. The molecule has 1 N–H and O–H groups in total. The number of carbonyl (C=O) groups excluding carboxylic acids is 2. The normalized spacial score (nSPS) is 19.5. The summed E-state index contributed by atoms with van der Waals surface area (Å²) in [6.45, 7) is 1.30.